The molecule has 0 unspecified atom stereocenters. The SMILES string of the molecule is O=C(CCn1nc(Cl)c2ccccc21)Nc1ccc2ccccc2c1. The van der Waals surface area contributed by atoms with Gasteiger partial charge in [-0.15, -0.1) is 0 Å². The molecule has 0 aliphatic rings. The standard InChI is InChI=1S/C20H16ClN3O/c21-20-17-7-3-4-8-18(17)24(23-20)12-11-19(25)22-16-10-9-14-5-1-2-6-15(14)13-16/h1-10,13H,11-12H2,(H,22,25). The molecule has 0 saturated carbocycles. The Kier molecular flexibility index (Phi) is 4.12. The van der Waals surface area contributed by atoms with Crippen LogP contribution in [0.3, 0.4) is 0 Å². The molecule has 0 saturated heterocycles. The van der Waals surface area contributed by atoms with E-state index in [9.17, 15) is 4.79 Å². The van der Waals surface area contributed by atoms with Crippen LogP contribution in [-0.4, -0.2) is 15.7 Å². The van der Waals surface area contributed by atoms with Gasteiger partial charge in [0, 0.05) is 17.5 Å². The monoisotopic (exact) mass is 349 g/mol. The Morgan fingerprint density at radius 3 is 2.64 bits per heavy atom. The fourth-order valence-corrected chi connectivity index (χ4v) is 3.21. The Labute approximate surface area is 150 Å². The molecule has 1 heterocycles. The highest BCUT2D eigenvalue weighted by Gasteiger charge is 2.10. The van der Waals surface area contributed by atoms with Crippen LogP contribution in [-0.2, 0) is 11.3 Å². The summed E-state index contributed by atoms with van der Waals surface area (Å²) in [6.45, 7) is 0.479. The van der Waals surface area contributed by atoms with Gasteiger partial charge >= 0.3 is 0 Å². The number of nitrogens with one attached hydrogen (secondary N) is 1. The van der Waals surface area contributed by atoms with Crippen LogP contribution in [0.25, 0.3) is 21.7 Å². The first-order chi connectivity index (χ1) is 12.2. The second kappa shape index (κ2) is 6.57. The van der Waals surface area contributed by atoms with Crippen LogP contribution in [0.5, 0.6) is 0 Å². The number of aromatic nitrogens is 2. The molecule has 5 heteroatoms. The van der Waals surface area contributed by atoms with Gasteiger partial charge in [0.05, 0.1) is 12.1 Å². The van der Waals surface area contributed by atoms with Crippen LogP contribution in [0, 0.1) is 0 Å². The second-order valence-electron chi connectivity index (χ2n) is 5.89. The highest BCUT2D eigenvalue weighted by Crippen LogP contribution is 2.23. The number of amides is 1. The lowest BCUT2D eigenvalue weighted by Crippen LogP contribution is -2.15. The normalized spacial score (nSPS) is 11.1. The molecule has 0 radical (unpaired) electrons. The lowest BCUT2D eigenvalue weighted by atomic mass is 10.1. The van der Waals surface area contributed by atoms with Gasteiger partial charge < -0.3 is 5.32 Å². The largest absolute Gasteiger partial charge is 0.326 e. The number of anilines is 1. The Morgan fingerprint density at radius 1 is 1.00 bits per heavy atom. The summed E-state index contributed by atoms with van der Waals surface area (Å²) < 4.78 is 1.78. The molecule has 4 rings (SSSR count). The predicted octanol–water partition coefficient (Wildman–Crippen LogP) is 4.87. The first kappa shape index (κ1) is 15.7. The molecule has 0 bridgehead atoms. The van der Waals surface area contributed by atoms with E-state index in [0.717, 1.165) is 27.4 Å². The number of carbonyl (C=O) groups is 1. The molecule has 1 N–H and O–H groups in total. The van der Waals surface area contributed by atoms with Crippen LogP contribution < -0.4 is 5.32 Å². The summed E-state index contributed by atoms with van der Waals surface area (Å²) in [5.74, 6) is -0.0500. The summed E-state index contributed by atoms with van der Waals surface area (Å²) in [5.41, 5.74) is 1.73. The summed E-state index contributed by atoms with van der Waals surface area (Å²) in [6.07, 6.45) is 0.328. The minimum Gasteiger partial charge on any atom is -0.326 e. The number of halogens is 1. The van der Waals surface area contributed by atoms with Crippen molar-refractivity contribution in [3.8, 4) is 0 Å². The maximum atomic E-state index is 12.3. The molecule has 0 aliphatic heterocycles. The smallest absolute Gasteiger partial charge is 0.226 e. The zero-order valence-corrected chi connectivity index (χ0v) is 14.2. The first-order valence-corrected chi connectivity index (χ1v) is 8.48. The highest BCUT2D eigenvalue weighted by atomic mass is 35.5. The van der Waals surface area contributed by atoms with Gasteiger partial charge in [0.1, 0.15) is 0 Å². The summed E-state index contributed by atoms with van der Waals surface area (Å²) in [4.78, 5) is 12.3. The highest BCUT2D eigenvalue weighted by molar-refractivity contribution is 6.34. The number of nitrogens with zero attached hydrogens (tertiary/aromatic N) is 2. The molecule has 3 aromatic carbocycles. The van der Waals surface area contributed by atoms with Crippen molar-refractivity contribution in [1.29, 1.82) is 0 Å². The molecule has 0 atom stereocenters. The zero-order chi connectivity index (χ0) is 17.2. The third-order valence-corrected chi connectivity index (χ3v) is 4.48. The molecule has 25 heavy (non-hydrogen) atoms. The number of benzene rings is 3. The Morgan fingerprint density at radius 2 is 1.76 bits per heavy atom. The average molecular weight is 350 g/mol. The maximum absolute atomic E-state index is 12.3. The number of rotatable bonds is 4. The lowest BCUT2D eigenvalue weighted by Gasteiger charge is -2.07. The predicted molar refractivity (Wildman–Crippen MR) is 102 cm³/mol. The summed E-state index contributed by atoms with van der Waals surface area (Å²) in [6, 6.07) is 21.7. The third kappa shape index (κ3) is 3.21. The van der Waals surface area contributed by atoms with Gasteiger partial charge in [-0.05, 0) is 35.0 Å². The van der Waals surface area contributed by atoms with Gasteiger partial charge in [0.25, 0.3) is 0 Å². The average Bonchev–Trinajstić information content (AvgIpc) is 2.96. The van der Waals surface area contributed by atoms with E-state index in [0.29, 0.717) is 18.1 Å². The van der Waals surface area contributed by atoms with E-state index < -0.39 is 0 Å². The molecule has 1 aromatic heterocycles. The number of aryl methyl sites for hydroxylation is 1. The molecule has 1 amide bonds. The number of carbonyl (C=O) groups excluding carboxylic acids is 1. The Balaban J connectivity index is 1.46. The molecule has 0 aliphatic carbocycles. The van der Waals surface area contributed by atoms with E-state index >= 15 is 0 Å². The van der Waals surface area contributed by atoms with Crippen molar-refractivity contribution in [2.45, 2.75) is 13.0 Å². The van der Waals surface area contributed by atoms with E-state index in [1.165, 1.54) is 0 Å². The number of fused-ring (bicyclic) bond motifs is 2. The van der Waals surface area contributed by atoms with Crippen LogP contribution in [0.4, 0.5) is 5.69 Å². The Hall–Kier alpha value is -2.85. The van der Waals surface area contributed by atoms with Gasteiger partial charge in [-0.25, -0.2) is 0 Å². The van der Waals surface area contributed by atoms with Crippen molar-refractivity contribution in [3.05, 3.63) is 71.9 Å². The minimum atomic E-state index is -0.0500. The number of hydrogen-bond acceptors (Lipinski definition) is 2. The van der Waals surface area contributed by atoms with E-state index in [2.05, 4.69) is 10.4 Å². The third-order valence-electron chi connectivity index (χ3n) is 4.20. The van der Waals surface area contributed by atoms with Gasteiger partial charge in [-0.3, -0.25) is 9.48 Å². The van der Waals surface area contributed by atoms with Crippen molar-refractivity contribution < 1.29 is 4.79 Å². The van der Waals surface area contributed by atoms with Crippen molar-refractivity contribution in [2.24, 2.45) is 0 Å². The molecule has 0 fully saturated rings. The van der Waals surface area contributed by atoms with E-state index in [1.54, 1.807) is 4.68 Å². The Bertz CT molecular complexity index is 1070. The summed E-state index contributed by atoms with van der Waals surface area (Å²) in [5, 5.41) is 10.9. The van der Waals surface area contributed by atoms with Gasteiger partial charge in [-0.1, -0.05) is 54.1 Å². The van der Waals surface area contributed by atoms with E-state index in [1.807, 2.05) is 66.7 Å². The van der Waals surface area contributed by atoms with Crippen LogP contribution in [0.15, 0.2) is 66.7 Å². The van der Waals surface area contributed by atoms with Crippen LogP contribution in [0.2, 0.25) is 5.15 Å². The second-order valence-corrected chi connectivity index (χ2v) is 6.25. The minimum absolute atomic E-state index is 0.0500. The number of para-hydroxylation sites is 1. The van der Waals surface area contributed by atoms with E-state index in [4.69, 9.17) is 11.6 Å². The molecule has 4 aromatic rings. The summed E-state index contributed by atoms with van der Waals surface area (Å²) >= 11 is 6.15. The lowest BCUT2D eigenvalue weighted by molar-refractivity contribution is -0.116. The van der Waals surface area contributed by atoms with Gasteiger partial charge in [0.2, 0.25) is 5.91 Å². The van der Waals surface area contributed by atoms with E-state index in [-0.39, 0.29) is 5.91 Å². The van der Waals surface area contributed by atoms with Crippen molar-refractivity contribution in [1.82, 2.24) is 9.78 Å². The molecular weight excluding hydrogens is 334 g/mol. The molecular formula is C20H16ClN3O. The maximum Gasteiger partial charge on any atom is 0.226 e. The zero-order valence-electron chi connectivity index (χ0n) is 13.4. The van der Waals surface area contributed by atoms with Crippen molar-refractivity contribution in [2.75, 3.05) is 5.32 Å². The molecule has 0 spiro atoms. The summed E-state index contributed by atoms with van der Waals surface area (Å²) in [7, 11) is 0. The molecule has 4 nitrogen and oxygen atoms in total. The topological polar surface area (TPSA) is 46.9 Å². The number of hydrogen-bond donors (Lipinski definition) is 1. The van der Waals surface area contributed by atoms with Crippen molar-refractivity contribution in [3.63, 3.8) is 0 Å². The van der Waals surface area contributed by atoms with Gasteiger partial charge in [0.15, 0.2) is 5.15 Å². The van der Waals surface area contributed by atoms with Crippen LogP contribution >= 0.6 is 11.6 Å². The quantitative estimate of drug-likeness (QED) is 0.571. The van der Waals surface area contributed by atoms with Crippen LogP contribution in [0.1, 0.15) is 6.42 Å². The fraction of sp³-hybridized carbons (Fsp3) is 0.100. The first-order valence-electron chi connectivity index (χ1n) is 8.10. The van der Waals surface area contributed by atoms with Crippen molar-refractivity contribution >= 4 is 44.9 Å². The molecule has 124 valence electrons. The van der Waals surface area contributed by atoms with Gasteiger partial charge in [-0.2, -0.15) is 5.10 Å². The fourth-order valence-electron chi connectivity index (χ4n) is 2.96.